The molecule has 5 heteroatoms. The molecule has 2 aromatic rings. The molecule has 1 aliphatic rings. The number of imidazole rings is 1. The number of aromatic nitrogens is 2. The van der Waals surface area contributed by atoms with Crippen LogP contribution in [0.4, 0.5) is 0 Å². The van der Waals surface area contributed by atoms with Crippen molar-refractivity contribution in [1.29, 1.82) is 0 Å². The van der Waals surface area contributed by atoms with E-state index >= 15 is 0 Å². The van der Waals surface area contributed by atoms with Gasteiger partial charge in [-0.3, -0.25) is 4.79 Å². The van der Waals surface area contributed by atoms with Gasteiger partial charge in [0, 0.05) is 36.8 Å². The second-order valence-electron chi connectivity index (χ2n) is 5.95. The number of carbonyl (C=O) groups excluding carboxylic acids is 1. The van der Waals surface area contributed by atoms with Gasteiger partial charge < -0.3 is 9.47 Å². The smallest absolute Gasteiger partial charge is 0.222 e. The van der Waals surface area contributed by atoms with Crippen LogP contribution in [0, 0.1) is 6.92 Å². The molecule has 2 aromatic heterocycles. The largest absolute Gasteiger partial charge is 0.341 e. The number of hydrogen-bond acceptors (Lipinski definition) is 3. The lowest BCUT2D eigenvalue weighted by molar-refractivity contribution is -0.132. The van der Waals surface area contributed by atoms with Crippen LogP contribution in [0.3, 0.4) is 0 Å². The number of nitrogens with zero attached hydrogens (tertiary/aromatic N) is 3. The normalized spacial score (nSPS) is 18.6. The molecule has 0 N–H and O–H groups in total. The summed E-state index contributed by atoms with van der Waals surface area (Å²) >= 11 is 1.78. The van der Waals surface area contributed by atoms with Gasteiger partial charge in [0.05, 0.1) is 6.04 Å². The lowest BCUT2D eigenvalue weighted by atomic mass is 10.0. The highest BCUT2D eigenvalue weighted by Crippen LogP contribution is 2.23. The third-order valence-electron chi connectivity index (χ3n) is 4.40. The lowest BCUT2D eigenvalue weighted by Gasteiger charge is -2.34. The molecule has 3 heterocycles. The quantitative estimate of drug-likeness (QED) is 0.847. The van der Waals surface area contributed by atoms with Gasteiger partial charge in [-0.25, -0.2) is 4.98 Å². The van der Waals surface area contributed by atoms with Gasteiger partial charge in [-0.1, -0.05) is 6.07 Å². The first-order chi connectivity index (χ1) is 10.7. The Hall–Kier alpha value is -1.62. The van der Waals surface area contributed by atoms with Crippen molar-refractivity contribution in [3.63, 3.8) is 0 Å². The molecule has 118 valence electrons. The molecular weight excluding hydrogens is 294 g/mol. The number of hydrogen-bond donors (Lipinski definition) is 0. The zero-order chi connectivity index (χ0) is 15.4. The van der Waals surface area contributed by atoms with Crippen LogP contribution in [-0.4, -0.2) is 33.4 Å². The van der Waals surface area contributed by atoms with E-state index in [0.717, 1.165) is 44.6 Å². The fraction of sp³-hybridized carbons (Fsp3) is 0.529. The number of aryl methyl sites for hydroxylation is 2. The van der Waals surface area contributed by atoms with Crippen LogP contribution in [0.15, 0.2) is 29.9 Å². The van der Waals surface area contributed by atoms with Gasteiger partial charge in [0.15, 0.2) is 0 Å². The summed E-state index contributed by atoms with van der Waals surface area (Å²) in [6.45, 7) is 3.76. The Morgan fingerprint density at radius 3 is 3.14 bits per heavy atom. The second-order valence-corrected chi connectivity index (χ2v) is 6.98. The van der Waals surface area contributed by atoms with Crippen molar-refractivity contribution >= 4 is 17.2 Å². The molecule has 0 aromatic carbocycles. The van der Waals surface area contributed by atoms with E-state index in [1.54, 1.807) is 11.3 Å². The molecule has 0 spiro atoms. The van der Waals surface area contributed by atoms with Gasteiger partial charge in [0.2, 0.25) is 5.91 Å². The van der Waals surface area contributed by atoms with Crippen molar-refractivity contribution in [2.24, 2.45) is 0 Å². The summed E-state index contributed by atoms with van der Waals surface area (Å²) in [5, 5.41) is 2.10. The van der Waals surface area contributed by atoms with Crippen molar-refractivity contribution < 1.29 is 4.79 Å². The highest BCUT2D eigenvalue weighted by molar-refractivity contribution is 7.09. The minimum atomic E-state index is 0.305. The standard InChI is InChI=1S/C17H23N3OS/c1-14-18-9-11-20(14)15-5-3-10-19(13-15)17(21)8-2-6-16-7-4-12-22-16/h4,7,9,11-12,15H,2-3,5-6,8,10,13H2,1H3/t15-/m0/s1. The highest BCUT2D eigenvalue weighted by Gasteiger charge is 2.24. The summed E-state index contributed by atoms with van der Waals surface area (Å²) < 4.78 is 2.21. The SMILES string of the molecule is Cc1nccn1[C@H]1CCCN(C(=O)CCCc2cccs2)C1. The van der Waals surface area contributed by atoms with Gasteiger partial charge >= 0.3 is 0 Å². The molecule has 0 saturated carbocycles. The van der Waals surface area contributed by atoms with E-state index in [2.05, 4.69) is 27.1 Å². The molecule has 1 amide bonds. The van der Waals surface area contributed by atoms with E-state index in [1.165, 1.54) is 4.88 Å². The Morgan fingerprint density at radius 1 is 1.50 bits per heavy atom. The van der Waals surface area contributed by atoms with Gasteiger partial charge in [-0.15, -0.1) is 11.3 Å². The number of likely N-dealkylation sites (tertiary alicyclic amines) is 1. The molecular formula is C17H23N3OS. The summed E-state index contributed by atoms with van der Waals surface area (Å²) in [7, 11) is 0. The van der Waals surface area contributed by atoms with Crippen molar-refractivity contribution in [1.82, 2.24) is 14.5 Å². The monoisotopic (exact) mass is 317 g/mol. The zero-order valence-electron chi connectivity index (χ0n) is 13.1. The van der Waals surface area contributed by atoms with Crippen LogP contribution in [-0.2, 0) is 11.2 Å². The minimum Gasteiger partial charge on any atom is -0.341 e. The number of piperidine rings is 1. The average Bonchev–Trinajstić information content (AvgIpc) is 3.19. The van der Waals surface area contributed by atoms with Crippen LogP contribution in [0.1, 0.15) is 42.4 Å². The van der Waals surface area contributed by atoms with Gasteiger partial charge in [0.1, 0.15) is 5.82 Å². The Kier molecular flexibility index (Phi) is 4.93. The molecule has 1 atom stereocenters. The van der Waals surface area contributed by atoms with Crippen LogP contribution in [0.5, 0.6) is 0 Å². The molecule has 0 radical (unpaired) electrons. The van der Waals surface area contributed by atoms with E-state index in [-0.39, 0.29) is 0 Å². The van der Waals surface area contributed by atoms with E-state index in [0.29, 0.717) is 18.4 Å². The first-order valence-corrected chi connectivity index (χ1v) is 8.91. The first kappa shape index (κ1) is 15.3. The zero-order valence-corrected chi connectivity index (χ0v) is 13.9. The minimum absolute atomic E-state index is 0.305. The van der Waals surface area contributed by atoms with Crippen molar-refractivity contribution in [3.05, 3.63) is 40.6 Å². The third-order valence-corrected chi connectivity index (χ3v) is 5.34. The number of rotatable bonds is 5. The highest BCUT2D eigenvalue weighted by atomic mass is 32.1. The van der Waals surface area contributed by atoms with Crippen LogP contribution in [0.2, 0.25) is 0 Å². The summed E-state index contributed by atoms with van der Waals surface area (Å²) in [4.78, 5) is 20.1. The molecule has 1 aliphatic heterocycles. The van der Waals surface area contributed by atoms with Gasteiger partial charge in [-0.05, 0) is 44.1 Å². The van der Waals surface area contributed by atoms with E-state index < -0.39 is 0 Å². The predicted molar refractivity (Wildman–Crippen MR) is 89.1 cm³/mol. The van der Waals surface area contributed by atoms with Gasteiger partial charge in [0.25, 0.3) is 0 Å². The second kappa shape index (κ2) is 7.09. The molecule has 0 unspecified atom stereocenters. The predicted octanol–water partition coefficient (Wildman–Crippen LogP) is 3.44. The lowest BCUT2D eigenvalue weighted by Crippen LogP contribution is -2.40. The molecule has 1 saturated heterocycles. The Bertz CT molecular complexity index is 605. The van der Waals surface area contributed by atoms with Crippen molar-refractivity contribution in [2.75, 3.05) is 13.1 Å². The van der Waals surface area contributed by atoms with Crippen LogP contribution >= 0.6 is 11.3 Å². The molecule has 3 rings (SSSR count). The summed E-state index contributed by atoms with van der Waals surface area (Å²) in [6, 6.07) is 4.61. The summed E-state index contributed by atoms with van der Waals surface area (Å²) in [5.74, 6) is 1.34. The fourth-order valence-corrected chi connectivity index (χ4v) is 3.96. The maximum absolute atomic E-state index is 12.4. The maximum Gasteiger partial charge on any atom is 0.222 e. The molecule has 1 fully saturated rings. The topological polar surface area (TPSA) is 38.1 Å². The summed E-state index contributed by atoms with van der Waals surface area (Å²) in [6.07, 6.45) is 8.72. The number of thiophene rings is 1. The van der Waals surface area contributed by atoms with Gasteiger partial charge in [-0.2, -0.15) is 0 Å². The Balaban J connectivity index is 1.51. The molecule has 0 bridgehead atoms. The van der Waals surface area contributed by atoms with Crippen molar-refractivity contribution in [2.45, 2.75) is 45.1 Å². The Labute approximate surface area is 135 Å². The fourth-order valence-electron chi connectivity index (χ4n) is 3.21. The number of amides is 1. The van der Waals surface area contributed by atoms with E-state index in [1.807, 2.05) is 24.2 Å². The maximum atomic E-state index is 12.4. The average molecular weight is 317 g/mol. The van der Waals surface area contributed by atoms with Crippen LogP contribution in [0.25, 0.3) is 0 Å². The molecule has 0 aliphatic carbocycles. The molecule has 4 nitrogen and oxygen atoms in total. The summed E-state index contributed by atoms with van der Waals surface area (Å²) in [5.41, 5.74) is 0. The molecule has 22 heavy (non-hydrogen) atoms. The third kappa shape index (κ3) is 3.58. The van der Waals surface area contributed by atoms with Crippen molar-refractivity contribution in [3.8, 4) is 0 Å². The first-order valence-electron chi connectivity index (χ1n) is 8.03. The number of carbonyl (C=O) groups is 1. The van der Waals surface area contributed by atoms with E-state index in [9.17, 15) is 4.79 Å². The Morgan fingerprint density at radius 2 is 2.41 bits per heavy atom. The van der Waals surface area contributed by atoms with E-state index in [4.69, 9.17) is 0 Å². The van der Waals surface area contributed by atoms with Crippen LogP contribution < -0.4 is 0 Å².